The quantitative estimate of drug-likeness (QED) is 0.653. The molecule has 6 heteroatoms. The summed E-state index contributed by atoms with van der Waals surface area (Å²) in [5, 5.41) is 2.97. The van der Waals surface area contributed by atoms with E-state index in [1.807, 2.05) is 55.5 Å². The first kappa shape index (κ1) is 23.8. The van der Waals surface area contributed by atoms with Gasteiger partial charge in [-0.25, -0.2) is 0 Å². The lowest BCUT2D eigenvalue weighted by Gasteiger charge is -2.20. The van der Waals surface area contributed by atoms with Crippen LogP contribution in [-0.4, -0.2) is 19.1 Å². The van der Waals surface area contributed by atoms with E-state index in [-0.39, 0.29) is 24.4 Å². The fourth-order valence-corrected chi connectivity index (χ4v) is 2.83. The number of hydrogen-bond donors (Lipinski definition) is 2. The third-order valence-corrected chi connectivity index (χ3v) is 4.35. The lowest BCUT2D eigenvalue weighted by molar-refractivity contribution is -0.123. The van der Waals surface area contributed by atoms with Gasteiger partial charge in [0.05, 0.1) is 19.2 Å². The molecule has 0 aromatic heterocycles. The van der Waals surface area contributed by atoms with E-state index < -0.39 is 6.04 Å². The van der Waals surface area contributed by atoms with Crippen molar-refractivity contribution in [1.29, 1.82) is 0 Å². The molecule has 2 aromatic rings. The molecule has 2 rings (SSSR count). The number of amides is 1. The maximum absolute atomic E-state index is 12.3. The van der Waals surface area contributed by atoms with Gasteiger partial charge in [-0.3, -0.25) is 4.79 Å². The molecule has 2 aromatic carbocycles. The van der Waals surface area contributed by atoms with Crippen molar-refractivity contribution in [2.24, 2.45) is 11.7 Å². The van der Waals surface area contributed by atoms with Gasteiger partial charge < -0.3 is 20.5 Å². The number of carbonyl (C=O) groups excluding carboxylic acids is 1. The van der Waals surface area contributed by atoms with E-state index in [0.29, 0.717) is 30.4 Å². The maximum Gasteiger partial charge on any atom is 0.237 e. The summed E-state index contributed by atoms with van der Waals surface area (Å²) in [6.07, 6.45) is 0.661. The Morgan fingerprint density at radius 3 is 2.36 bits per heavy atom. The zero-order valence-corrected chi connectivity index (χ0v) is 17.8. The fraction of sp³-hybridized carbons (Fsp3) is 0.409. The number of nitrogens with two attached hydrogens (primary N) is 1. The molecule has 0 saturated heterocycles. The van der Waals surface area contributed by atoms with Gasteiger partial charge in [-0.05, 0) is 42.5 Å². The van der Waals surface area contributed by atoms with Crippen LogP contribution in [0.4, 0.5) is 0 Å². The minimum atomic E-state index is -0.497. The first-order valence-electron chi connectivity index (χ1n) is 9.31. The second-order valence-corrected chi connectivity index (χ2v) is 7.15. The number of hydrogen-bond acceptors (Lipinski definition) is 4. The van der Waals surface area contributed by atoms with Crippen LogP contribution in [0.5, 0.6) is 11.5 Å². The Morgan fingerprint density at radius 2 is 1.75 bits per heavy atom. The molecule has 3 N–H and O–H groups in total. The standard InChI is InChI=1S/C22H30N2O3.ClH/c1-15(2)12-19(23)22(25)24-16(3)18-10-11-20(21(13-18)26-4)27-14-17-8-6-5-7-9-17;/h5-11,13,15-16,19H,12,14,23H2,1-4H3,(H,24,25);1H/t16?,19-;/m0./s1. The predicted octanol–water partition coefficient (Wildman–Crippen LogP) is 4.25. The Labute approximate surface area is 174 Å². The Kier molecular flexibility index (Phi) is 9.83. The molecule has 1 unspecified atom stereocenters. The van der Waals surface area contributed by atoms with E-state index in [2.05, 4.69) is 19.2 Å². The maximum atomic E-state index is 12.3. The van der Waals surface area contributed by atoms with Gasteiger partial charge in [0.15, 0.2) is 11.5 Å². The van der Waals surface area contributed by atoms with Gasteiger partial charge in [0.2, 0.25) is 5.91 Å². The van der Waals surface area contributed by atoms with Crippen molar-refractivity contribution >= 4 is 18.3 Å². The zero-order valence-electron chi connectivity index (χ0n) is 17.0. The van der Waals surface area contributed by atoms with Gasteiger partial charge in [-0.1, -0.05) is 50.2 Å². The second-order valence-electron chi connectivity index (χ2n) is 7.15. The summed E-state index contributed by atoms with van der Waals surface area (Å²) in [7, 11) is 1.61. The van der Waals surface area contributed by atoms with Crippen molar-refractivity contribution in [2.45, 2.75) is 45.9 Å². The number of rotatable bonds is 9. The molecule has 0 bridgehead atoms. The van der Waals surface area contributed by atoms with Crippen LogP contribution in [-0.2, 0) is 11.4 Å². The third kappa shape index (κ3) is 7.06. The van der Waals surface area contributed by atoms with Crippen LogP contribution in [0.15, 0.2) is 48.5 Å². The van der Waals surface area contributed by atoms with Crippen molar-refractivity contribution < 1.29 is 14.3 Å². The SMILES string of the molecule is COc1cc(C(C)NC(=O)[C@@H](N)CC(C)C)ccc1OCc1ccccc1.Cl. The lowest BCUT2D eigenvalue weighted by atomic mass is 10.0. The van der Waals surface area contributed by atoms with E-state index in [1.165, 1.54) is 0 Å². The molecule has 28 heavy (non-hydrogen) atoms. The molecule has 0 aliphatic carbocycles. The summed E-state index contributed by atoms with van der Waals surface area (Å²) in [5.41, 5.74) is 7.98. The topological polar surface area (TPSA) is 73.6 Å². The predicted molar refractivity (Wildman–Crippen MR) is 115 cm³/mol. The van der Waals surface area contributed by atoms with Crippen LogP contribution in [0.25, 0.3) is 0 Å². The Bertz CT molecular complexity index is 738. The first-order chi connectivity index (χ1) is 12.9. The average molecular weight is 407 g/mol. The van der Waals surface area contributed by atoms with Gasteiger partial charge in [0, 0.05) is 0 Å². The summed E-state index contributed by atoms with van der Waals surface area (Å²) in [4.78, 5) is 12.3. The van der Waals surface area contributed by atoms with Gasteiger partial charge in [-0.15, -0.1) is 12.4 Å². The zero-order chi connectivity index (χ0) is 19.8. The minimum Gasteiger partial charge on any atom is -0.493 e. The molecular formula is C22H31ClN2O3. The molecule has 0 heterocycles. The molecule has 0 aliphatic heterocycles. The number of methoxy groups -OCH3 is 1. The Balaban J connectivity index is 0.00000392. The number of benzene rings is 2. The molecule has 5 nitrogen and oxygen atoms in total. The Hall–Kier alpha value is -2.24. The van der Waals surface area contributed by atoms with Crippen molar-refractivity contribution in [2.75, 3.05) is 7.11 Å². The average Bonchev–Trinajstić information content (AvgIpc) is 2.66. The fourth-order valence-electron chi connectivity index (χ4n) is 2.83. The number of carbonyl (C=O) groups is 1. The normalized spacial score (nSPS) is 12.6. The highest BCUT2D eigenvalue weighted by atomic mass is 35.5. The van der Waals surface area contributed by atoms with Gasteiger partial charge in [0.1, 0.15) is 6.61 Å². The van der Waals surface area contributed by atoms with Crippen molar-refractivity contribution in [3.63, 3.8) is 0 Å². The van der Waals surface area contributed by atoms with Gasteiger partial charge in [-0.2, -0.15) is 0 Å². The van der Waals surface area contributed by atoms with E-state index in [1.54, 1.807) is 7.11 Å². The molecular weight excluding hydrogens is 376 g/mol. The van der Waals surface area contributed by atoms with Crippen LogP contribution in [0.3, 0.4) is 0 Å². The van der Waals surface area contributed by atoms with Crippen LogP contribution < -0.4 is 20.5 Å². The van der Waals surface area contributed by atoms with Crippen LogP contribution in [0, 0.1) is 5.92 Å². The van der Waals surface area contributed by atoms with E-state index in [0.717, 1.165) is 11.1 Å². The molecule has 0 radical (unpaired) electrons. The first-order valence-corrected chi connectivity index (χ1v) is 9.31. The summed E-state index contributed by atoms with van der Waals surface area (Å²) >= 11 is 0. The van der Waals surface area contributed by atoms with Crippen molar-refractivity contribution in [3.8, 4) is 11.5 Å². The van der Waals surface area contributed by atoms with E-state index >= 15 is 0 Å². The minimum absolute atomic E-state index is 0. The van der Waals surface area contributed by atoms with Gasteiger partial charge in [0.25, 0.3) is 0 Å². The number of ether oxygens (including phenoxy) is 2. The number of halogens is 1. The highest BCUT2D eigenvalue weighted by Gasteiger charge is 2.18. The monoisotopic (exact) mass is 406 g/mol. The molecule has 0 saturated carbocycles. The second kappa shape index (κ2) is 11.6. The van der Waals surface area contributed by atoms with Crippen molar-refractivity contribution in [1.82, 2.24) is 5.32 Å². The summed E-state index contributed by atoms with van der Waals surface area (Å²) in [5.74, 6) is 1.54. The number of nitrogens with one attached hydrogen (secondary N) is 1. The molecule has 0 fully saturated rings. The largest absolute Gasteiger partial charge is 0.493 e. The van der Waals surface area contributed by atoms with Crippen LogP contribution >= 0.6 is 12.4 Å². The highest BCUT2D eigenvalue weighted by Crippen LogP contribution is 2.31. The van der Waals surface area contributed by atoms with Gasteiger partial charge >= 0.3 is 0 Å². The lowest BCUT2D eigenvalue weighted by Crippen LogP contribution is -2.42. The summed E-state index contributed by atoms with van der Waals surface area (Å²) in [6, 6.07) is 15.0. The summed E-state index contributed by atoms with van der Waals surface area (Å²) < 4.78 is 11.3. The molecule has 2 atom stereocenters. The third-order valence-electron chi connectivity index (χ3n) is 4.35. The van der Waals surface area contributed by atoms with Crippen LogP contribution in [0.2, 0.25) is 0 Å². The Morgan fingerprint density at radius 1 is 1.07 bits per heavy atom. The smallest absolute Gasteiger partial charge is 0.237 e. The molecule has 0 aliphatic rings. The van der Waals surface area contributed by atoms with E-state index in [4.69, 9.17) is 15.2 Å². The van der Waals surface area contributed by atoms with Crippen molar-refractivity contribution in [3.05, 3.63) is 59.7 Å². The van der Waals surface area contributed by atoms with Crippen LogP contribution in [0.1, 0.15) is 44.4 Å². The molecule has 154 valence electrons. The highest BCUT2D eigenvalue weighted by molar-refractivity contribution is 5.85. The van der Waals surface area contributed by atoms with E-state index in [9.17, 15) is 4.79 Å². The summed E-state index contributed by atoms with van der Waals surface area (Å²) in [6.45, 7) is 6.50. The molecule has 0 spiro atoms. The molecule has 1 amide bonds.